The molecule has 102 valence electrons. The minimum atomic E-state index is -0.0745. The van der Waals surface area contributed by atoms with E-state index in [0.717, 1.165) is 12.0 Å². The summed E-state index contributed by atoms with van der Waals surface area (Å²) in [5.74, 6) is -0.0211. The number of fused-ring (bicyclic) bond motifs is 1. The number of anilines is 2. The van der Waals surface area contributed by atoms with Crippen LogP contribution in [0.3, 0.4) is 0 Å². The Hall–Kier alpha value is -2.00. The fourth-order valence-corrected chi connectivity index (χ4v) is 2.81. The van der Waals surface area contributed by atoms with E-state index in [2.05, 4.69) is 6.07 Å². The van der Waals surface area contributed by atoms with Crippen LogP contribution in [0.15, 0.2) is 42.5 Å². The maximum atomic E-state index is 12.6. The van der Waals surface area contributed by atoms with E-state index >= 15 is 0 Å². The van der Waals surface area contributed by atoms with Crippen molar-refractivity contribution in [2.75, 3.05) is 17.7 Å². The number of benzene rings is 2. The molecule has 1 atom stereocenters. The van der Waals surface area contributed by atoms with Gasteiger partial charge in [-0.2, -0.15) is 0 Å². The zero-order valence-corrected chi connectivity index (χ0v) is 11.9. The second-order valence-electron chi connectivity index (χ2n) is 5.06. The normalized spacial score (nSPS) is 16.2. The molecule has 1 amide bonds. The Morgan fingerprint density at radius 2 is 2.05 bits per heavy atom. The zero-order valence-electron chi connectivity index (χ0n) is 11.1. The van der Waals surface area contributed by atoms with Gasteiger partial charge in [-0.1, -0.05) is 35.9 Å². The summed E-state index contributed by atoms with van der Waals surface area (Å²) in [6.07, 6.45) is 0.791. The molecule has 4 heteroatoms. The summed E-state index contributed by atoms with van der Waals surface area (Å²) in [5.41, 5.74) is 9.51. The predicted molar refractivity (Wildman–Crippen MR) is 82.2 cm³/mol. The van der Waals surface area contributed by atoms with Gasteiger partial charge in [0.2, 0.25) is 5.91 Å². The molecule has 1 unspecified atom stereocenters. The second kappa shape index (κ2) is 4.84. The first-order chi connectivity index (χ1) is 9.58. The van der Waals surface area contributed by atoms with Gasteiger partial charge < -0.3 is 10.6 Å². The molecule has 2 aromatic carbocycles. The van der Waals surface area contributed by atoms with Gasteiger partial charge in [0.15, 0.2) is 0 Å². The van der Waals surface area contributed by atoms with Crippen molar-refractivity contribution < 1.29 is 4.79 Å². The molecule has 1 aliphatic carbocycles. The molecule has 2 N–H and O–H groups in total. The van der Waals surface area contributed by atoms with Gasteiger partial charge in [0, 0.05) is 12.1 Å². The fraction of sp³-hybridized carbons (Fsp3) is 0.188. The smallest absolute Gasteiger partial charge is 0.234 e. The third-order valence-electron chi connectivity index (χ3n) is 3.84. The number of carbonyl (C=O) groups is 1. The van der Waals surface area contributed by atoms with Gasteiger partial charge in [0.25, 0.3) is 0 Å². The van der Waals surface area contributed by atoms with E-state index in [1.54, 1.807) is 30.1 Å². The van der Waals surface area contributed by atoms with Crippen molar-refractivity contribution >= 4 is 28.9 Å². The zero-order chi connectivity index (χ0) is 14.3. The van der Waals surface area contributed by atoms with Crippen LogP contribution in [0.5, 0.6) is 0 Å². The van der Waals surface area contributed by atoms with Crippen molar-refractivity contribution in [3.8, 4) is 0 Å². The van der Waals surface area contributed by atoms with Crippen LogP contribution in [0.25, 0.3) is 0 Å². The topological polar surface area (TPSA) is 46.3 Å². The Morgan fingerprint density at radius 3 is 2.80 bits per heavy atom. The van der Waals surface area contributed by atoms with E-state index in [9.17, 15) is 4.79 Å². The molecular weight excluding hydrogens is 272 g/mol. The first kappa shape index (κ1) is 13.0. The van der Waals surface area contributed by atoms with Crippen molar-refractivity contribution in [2.24, 2.45) is 0 Å². The lowest BCUT2D eigenvalue weighted by atomic mass is 9.77. The average molecular weight is 287 g/mol. The molecule has 3 nitrogen and oxygen atoms in total. The molecule has 3 rings (SSSR count). The molecule has 0 heterocycles. The van der Waals surface area contributed by atoms with Gasteiger partial charge in [-0.25, -0.2) is 0 Å². The molecule has 1 aliphatic rings. The summed E-state index contributed by atoms with van der Waals surface area (Å²) in [7, 11) is 1.74. The Kier molecular flexibility index (Phi) is 3.14. The molecule has 0 spiro atoms. The molecule has 20 heavy (non-hydrogen) atoms. The third kappa shape index (κ3) is 2.04. The van der Waals surface area contributed by atoms with Gasteiger partial charge >= 0.3 is 0 Å². The van der Waals surface area contributed by atoms with Gasteiger partial charge in [-0.15, -0.1) is 0 Å². The first-order valence-electron chi connectivity index (χ1n) is 6.48. The molecule has 0 radical (unpaired) electrons. The Balaban J connectivity index is 1.87. The van der Waals surface area contributed by atoms with Crippen LogP contribution >= 0.6 is 11.6 Å². The maximum Gasteiger partial charge on any atom is 0.234 e. The second-order valence-corrected chi connectivity index (χ2v) is 5.49. The molecular formula is C16H15ClN2O. The van der Waals surface area contributed by atoms with Gasteiger partial charge in [-0.3, -0.25) is 4.79 Å². The number of likely N-dealkylation sites (N-methyl/N-ethyl adjacent to an activating group) is 1. The van der Waals surface area contributed by atoms with E-state index in [-0.39, 0.29) is 11.8 Å². The van der Waals surface area contributed by atoms with E-state index in [0.29, 0.717) is 16.4 Å². The number of halogens is 1. The largest absolute Gasteiger partial charge is 0.397 e. The van der Waals surface area contributed by atoms with Crippen molar-refractivity contribution in [3.63, 3.8) is 0 Å². The van der Waals surface area contributed by atoms with Crippen LogP contribution in [0.1, 0.15) is 17.0 Å². The molecule has 0 bridgehead atoms. The summed E-state index contributed by atoms with van der Waals surface area (Å²) >= 11 is 5.98. The van der Waals surface area contributed by atoms with E-state index in [4.69, 9.17) is 17.3 Å². The van der Waals surface area contributed by atoms with Crippen LogP contribution in [0, 0.1) is 0 Å². The SMILES string of the molecule is CN(C(=O)C1Cc2ccccc21)c1cc(Cl)ccc1N. The minimum absolute atomic E-state index is 0.0534. The maximum absolute atomic E-state index is 12.6. The van der Waals surface area contributed by atoms with Gasteiger partial charge in [0.05, 0.1) is 17.3 Å². The molecule has 0 saturated carbocycles. The quantitative estimate of drug-likeness (QED) is 0.862. The molecule has 0 fully saturated rings. The first-order valence-corrected chi connectivity index (χ1v) is 6.86. The lowest BCUT2D eigenvalue weighted by Crippen LogP contribution is -2.37. The number of hydrogen-bond donors (Lipinski definition) is 1. The molecule has 0 aliphatic heterocycles. The third-order valence-corrected chi connectivity index (χ3v) is 4.07. The Bertz CT molecular complexity index is 684. The summed E-state index contributed by atoms with van der Waals surface area (Å²) in [4.78, 5) is 14.2. The monoisotopic (exact) mass is 286 g/mol. The highest BCUT2D eigenvalue weighted by Gasteiger charge is 2.34. The number of rotatable bonds is 2. The highest BCUT2D eigenvalue weighted by molar-refractivity contribution is 6.31. The van der Waals surface area contributed by atoms with Gasteiger partial charge in [-0.05, 0) is 35.7 Å². The standard InChI is InChI=1S/C16H15ClN2O/c1-19(15-9-11(17)6-7-14(15)18)16(20)13-8-10-4-2-3-5-12(10)13/h2-7,9,13H,8,18H2,1H3. The lowest BCUT2D eigenvalue weighted by Gasteiger charge is -2.32. The molecule has 0 saturated heterocycles. The Morgan fingerprint density at radius 1 is 1.30 bits per heavy atom. The number of nitrogens with zero attached hydrogens (tertiary/aromatic N) is 1. The number of nitrogen functional groups attached to an aromatic ring is 1. The predicted octanol–water partition coefficient (Wildman–Crippen LogP) is 3.22. The average Bonchev–Trinajstić information content (AvgIpc) is 2.42. The lowest BCUT2D eigenvalue weighted by molar-refractivity contribution is -0.120. The van der Waals surface area contributed by atoms with E-state index < -0.39 is 0 Å². The highest BCUT2D eigenvalue weighted by atomic mass is 35.5. The van der Waals surface area contributed by atoms with Crippen molar-refractivity contribution in [1.29, 1.82) is 0 Å². The van der Waals surface area contributed by atoms with Crippen LogP contribution in [-0.2, 0) is 11.2 Å². The number of nitrogens with two attached hydrogens (primary N) is 1. The van der Waals surface area contributed by atoms with Crippen molar-refractivity contribution in [3.05, 3.63) is 58.6 Å². The number of hydrogen-bond acceptors (Lipinski definition) is 2. The van der Waals surface area contributed by atoms with Gasteiger partial charge in [0.1, 0.15) is 0 Å². The van der Waals surface area contributed by atoms with E-state index in [1.165, 1.54) is 5.56 Å². The molecule has 2 aromatic rings. The fourth-order valence-electron chi connectivity index (χ4n) is 2.64. The summed E-state index contributed by atoms with van der Waals surface area (Å²) < 4.78 is 0. The van der Waals surface area contributed by atoms with E-state index in [1.807, 2.05) is 18.2 Å². The minimum Gasteiger partial charge on any atom is -0.397 e. The summed E-state index contributed by atoms with van der Waals surface area (Å²) in [6.45, 7) is 0. The summed E-state index contributed by atoms with van der Waals surface area (Å²) in [5, 5.41) is 0.572. The Labute approximate surface area is 123 Å². The van der Waals surface area contributed by atoms with Crippen molar-refractivity contribution in [2.45, 2.75) is 12.3 Å². The molecule has 0 aromatic heterocycles. The van der Waals surface area contributed by atoms with Crippen LogP contribution < -0.4 is 10.6 Å². The van der Waals surface area contributed by atoms with Crippen LogP contribution in [0.4, 0.5) is 11.4 Å². The summed E-state index contributed by atoms with van der Waals surface area (Å²) in [6, 6.07) is 13.2. The van der Waals surface area contributed by atoms with Crippen LogP contribution in [0.2, 0.25) is 5.02 Å². The van der Waals surface area contributed by atoms with Crippen molar-refractivity contribution in [1.82, 2.24) is 0 Å². The number of carbonyl (C=O) groups excluding carboxylic acids is 1. The number of amides is 1. The highest BCUT2D eigenvalue weighted by Crippen LogP contribution is 2.37. The van der Waals surface area contributed by atoms with Crippen LogP contribution in [-0.4, -0.2) is 13.0 Å².